The number of phenols is 1. The third-order valence-corrected chi connectivity index (χ3v) is 6.89. The fourth-order valence-electron chi connectivity index (χ4n) is 4.35. The maximum Gasteiger partial charge on any atom is 0.251 e. The zero-order valence-corrected chi connectivity index (χ0v) is 21.6. The maximum atomic E-state index is 13.6. The van der Waals surface area contributed by atoms with Crippen LogP contribution in [0.25, 0.3) is 0 Å². The monoisotopic (exact) mass is 466 g/mol. The molecule has 0 aliphatic rings. The van der Waals surface area contributed by atoms with Crippen LogP contribution in [0.2, 0.25) is 0 Å². The molecule has 0 atom stereocenters. The number of aromatic hydroxyl groups is 1. The van der Waals surface area contributed by atoms with Crippen molar-refractivity contribution in [1.29, 1.82) is 0 Å². The van der Waals surface area contributed by atoms with E-state index in [4.69, 9.17) is 5.84 Å². The highest BCUT2D eigenvalue weighted by atomic mass is 16.3. The number of benzene rings is 2. The van der Waals surface area contributed by atoms with E-state index in [0.29, 0.717) is 17.8 Å². The Balaban J connectivity index is 2.32. The van der Waals surface area contributed by atoms with Gasteiger partial charge in [-0.05, 0) is 69.2 Å². The molecule has 0 radical (unpaired) electrons. The molecule has 0 aliphatic heterocycles. The lowest BCUT2D eigenvalue weighted by atomic mass is 9.84. The summed E-state index contributed by atoms with van der Waals surface area (Å²) in [5, 5.41) is 17.9. The third-order valence-electron chi connectivity index (χ3n) is 6.89. The van der Waals surface area contributed by atoms with Crippen molar-refractivity contribution in [3.05, 3.63) is 77.1 Å². The van der Waals surface area contributed by atoms with Crippen LogP contribution in [-0.2, 0) is 16.8 Å². The van der Waals surface area contributed by atoms with Crippen LogP contribution in [0, 0.1) is 0 Å². The molecule has 0 fully saturated rings. The highest BCUT2D eigenvalue weighted by molar-refractivity contribution is 5.94. The summed E-state index contributed by atoms with van der Waals surface area (Å²) in [5.41, 5.74) is 1.93. The summed E-state index contributed by atoms with van der Waals surface area (Å²) in [5.74, 6) is 7.34. The Bertz CT molecular complexity index is 948. The molecule has 0 spiro atoms. The van der Waals surface area contributed by atoms with Crippen molar-refractivity contribution in [2.75, 3.05) is 7.05 Å². The predicted molar refractivity (Wildman–Crippen MR) is 140 cm³/mol. The van der Waals surface area contributed by atoms with Gasteiger partial charge in [0, 0.05) is 7.05 Å². The van der Waals surface area contributed by atoms with Crippen molar-refractivity contribution in [3.63, 3.8) is 0 Å². The molecule has 0 saturated carbocycles. The molecule has 0 aromatic heterocycles. The van der Waals surface area contributed by atoms with E-state index in [-0.39, 0.29) is 17.2 Å². The summed E-state index contributed by atoms with van der Waals surface area (Å²) in [6.07, 6.45) is 3.70. The average Bonchev–Trinajstić information content (AvgIpc) is 2.85. The van der Waals surface area contributed by atoms with Gasteiger partial charge in [0.1, 0.15) is 11.6 Å². The Labute approximate surface area is 205 Å². The smallest absolute Gasteiger partial charge is 0.251 e. The number of hydrazine groups is 1. The predicted octanol–water partition coefficient (Wildman–Crippen LogP) is 4.95. The second kappa shape index (κ2) is 11.9. The summed E-state index contributed by atoms with van der Waals surface area (Å²) < 4.78 is 0. The Morgan fingerprint density at radius 1 is 1.00 bits per heavy atom. The number of rotatable bonds is 12. The lowest BCUT2D eigenvalue weighted by molar-refractivity contribution is -0.120. The Morgan fingerprint density at radius 3 is 2.09 bits per heavy atom. The number of nitrogens with two attached hydrogens (primary N) is 1. The molecule has 2 rings (SSSR count). The minimum atomic E-state index is -0.535. The van der Waals surface area contributed by atoms with E-state index >= 15 is 0 Å². The fraction of sp³-hybridized carbons (Fsp3) is 0.464. The number of phenolic OH excluding ortho intramolecular Hbond substituents is 1. The molecule has 0 bridgehead atoms. The molecule has 34 heavy (non-hydrogen) atoms. The van der Waals surface area contributed by atoms with Gasteiger partial charge in [0.2, 0.25) is 0 Å². The van der Waals surface area contributed by atoms with Crippen LogP contribution in [0.5, 0.6) is 5.75 Å². The topological polar surface area (TPSA) is 90.6 Å². The van der Waals surface area contributed by atoms with E-state index in [1.54, 1.807) is 24.2 Å². The van der Waals surface area contributed by atoms with Gasteiger partial charge in [-0.15, -0.1) is 0 Å². The van der Waals surface area contributed by atoms with Crippen LogP contribution in [-0.4, -0.2) is 28.6 Å². The lowest BCUT2D eigenvalue weighted by Crippen LogP contribution is -2.53. The van der Waals surface area contributed by atoms with Gasteiger partial charge in [0.15, 0.2) is 0 Å². The number of carbonyl (C=O) groups is 1. The molecule has 6 nitrogen and oxygen atoms in total. The average molecular weight is 467 g/mol. The van der Waals surface area contributed by atoms with Gasteiger partial charge in [0.25, 0.3) is 5.91 Å². The van der Waals surface area contributed by atoms with Crippen molar-refractivity contribution in [2.45, 2.75) is 77.8 Å². The first kappa shape index (κ1) is 27.3. The molecule has 0 unspecified atom stereocenters. The van der Waals surface area contributed by atoms with Gasteiger partial charge in [-0.25, -0.2) is 5.84 Å². The molecule has 0 saturated heterocycles. The highest BCUT2D eigenvalue weighted by Gasteiger charge is 2.34. The molecule has 1 amide bonds. The molecule has 186 valence electrons. The Hall–Kier alpha value is -2.99. The van der Waals surface area contributed by atoms with E-state index in [0.717, 1.165) is 31.2 Å². The van der Waals surface area contributed by atoms with Crippen LogP contribution in [0.15, 0.2) is 66.0 Å². The quantitative estimate of drug-likeness (QED) is 0.202. The summed E-state index contributed by atoms with van der Waals surface area (Å²) in [6.45, 7) is 10.3. The number of carbonyl (C=O) groups excluding carboxylic acids is 1. The van der Waals surface area contributed by atoms with Crippen molar-refractivity contribution >= 4 is 5.91 Å². The third kappa shape index (κ3) is 6.32. The number of nitrogens with zero attached hydrogens (tertiary/aromatic N) is 1. The summed E-state index contributed by atoms with van der Waals surface area (Å²) >= 11 is 0. The van der Waals surface area contributed by atoms with Crippen LogP contribution >= 0.6 is 0 Å². The zero-order valence-electron chi connectivity index (χ0n) is 21.6. The normalized spacial score (nSPS) is 12.7. The summed E-state index contributed by atoms with van der Waals surface area (Å²) in [4.78, 5) is 13.6. The molecule has 0 heterocycles. The van der Waals surface area contributed by atoms with E-state index in [9.17, 15) is 9.90 Å². The summed E-state index contributed by atoms with van der Waals surface area (Å²) in [7, 11) is 1.80. The second-order valence-corrected chi connectivity index (χ2v) is 9.39. The molecular formula is C28H42N4O2. The first-order chi connectivity index (χ1) is 16.1. The van der Waals surface area contributed by atoms with Gasteiger partial charge >= 0.3 is 0 Å². The van der Waals surface area contributed by atoms with E-state index < -0.39 is 5.54 Å². The SMILES string of the molecule is CC/C(C(=O)NC(CC)(CC)c1ccc(O)cc1)=C(/NC)N(N)C(C)(C)CCc1ccccc1. The first-order valence-corrected chi connectivity index (χ1v) is 12.3. The van der Waals surface area contributed by atoms with Gasteiger partial charge in [0.05, 0.1) is 16.7 Å². The Morgan fingerprint density at radius 2 is 1.59 bits per heavy atom. The van der Waals surface area contributed by atoms with Gasteiger partial charge < -0.3 is 15.7 Å². The summed E-state index contributed by atoms with van der Waals surface area (Å²) in [6, 6.07) is 17.4. The van der Waals surface area contributed by atoms with Crippen LogP contribution in [0.1, 0.15) is 71.4 Å². The molecule has 6 heteroatoms. The van der Waals surface area contributed by atoms with Crippen molar-refractivity contribution in [1.82, 2.24) is 15.6 Å². The number of nitrogens with one attached hydrogen (secondary N) is 2. The van der Waals surface area contributed by atoms with Gasteiger partial charge in [-0.3, -0.25) is 9.80 Å². The minimum absolute atomic E-state index is 0.141. The first-order valence-electron chi connectivity index (χ1n) is 12.3. The maximum absolute atomic E-state index is 13.6. The minimum Gasteiger partial charge on any atom is -0.508 e. The number of hydrogen-bond acceptors (Lipinski definition) is 5. The van der Waals surface area contributed by atoms with E-state index in [1.807, 2.05) is 37.3 Å². The molecular weight excluding hydrogens is 424 g/mol. The van der Waals surface area contributed by atoms with Crippen LogP contribution < -0.4 is 16.5 Å². The van der Waals surface area contributed by atoms with Crippen molar-refractivity contribution in [2.24, 2.45) is 5.84 Å². The standard InChI is InChI=1S/C28H42N4O2/c1-7-24(26(34)31-28(8-2,9-3)22-15-17-23(33)18-16-22)25(30-6)32(29)27(4,5)20-19-21-13-11-10-12-14-21/h10-18,30,33H,7-9,19-20,29H2,1-6H3,(H,31,34)/b25-24+. The van der Waals surface area contributed by atoms with Crippen LogP contribution in [0.4, 0.5) is 0 Å². The molecule has 0 aliphatic carbocycles. The van der Waals surface area contributed by atoms with Crippen molar-refractivity contribution in [3.8, 4) is 5.75 Å². The fourth-order valence-corrected chi connectivity index (χ4v) is 4.35. The van der Waals surface area contributed by atoms with E-state index in [2.05, 4.69) is 50.5 Å². The molecule has 5 N–H and O–H groups in total. The van der Waals surface area contributed by atoms with Crippen molar-refractivity contribution < 1.29 is 9.90 Å². The second-order valence-electron chi connectivity index (χ2n) is 9.39. The number of amides is 1. The van der Waals surface area contributed by atoms with Crippen LogP contribution in [0.3, 0.4) is 0 Å². The zero-order chi connectivity index (χ0) is 25.4. The Kier molecular flexibility index (Phi) is 9.56. The number of hydrogen-bond donors (Lipinski definition) is 4. The molecule has 2 aromatic carbocycles. The van der Waals surface area contributed by atoms with Gasteiger partial charge in [-0.1, -0.05) is 63.2 Å². The largest absolute Gasteiger partial charge is 0.508 e. The molecule has 2 aromatic rings. The lowest BCUT2D eigenvalue weighted by Gasteiger charge is -2.39. The number of aryl methyl sites for hydroxylation is 1. The highest BCUT2D eigenvalue weighted by Crippen LogP contribution is 2.31. The van der Waals surface area contributed by atoms with Gasteiger partial charge in [-0.2, -0.15) is 0 Å². The van der Waals surface area contributed by atoms with E-state index in [1.165, 1.54) is 5.56 Å².